The molecule has 0 unspecified atom stereocenters. The zero-order valence-electron chi connectivity index (χ0n) is 16.6. The molecule has 3 rings (SSSR count). The van der Waals surface area contributed by atoms with Gasteiger partial charge in [-0.05, 0) is 48.5 Å². The van der Waals surface area contributed by atoms with Gasteiger partial charge in [-0.3, -0.25) is 4.79 Å². The van der Waals surface area contributed by atoms with E-state index >= 15 is 0 Å². The predicted molar refractivity (Wildman–Crippen MR) is 122 cm³/mol. The van der Waals surface area contributed by atoms with Gasteiger partial charge in [0.15, 0.2) is 0 Å². The third-order valence-corrected chi connectivity index (χ3v) is 5.13. The van der Waals surface area contributed by atoms with E-state index in [1.165, 1.54) is 18.2 Å². The number of aromatic hydroxyl groups is 1. The largest absolute Gasteiger partial charge is 0.508 e. The Hall–Kier alpha value is -3.76. The molecule has 0 atom stereocenters. The molecule has 6 nitrogen and oxygen atoms in total. The number of nitriles is 1. The lowest BCUT2D eigenvalue weighted by Gasteiger charge is -2.12. The van der Waals surface area contributed by atoms with Gasteiger partial charge in [-0.1, -0.05) is 34.1 Å². The number of methoxy groups -OCH3 is 1. The maximum Gasteiger partial charge on any atom is 0.266 e. The van der Waals surface area contributed by atoms with Crippen molar-refractivity contribution in [3.63, 3.8) is 0 Å². The Morgan fingerprint density at radius 3 is 2.58 bits per heavy atom. The first-order valence-corrected chi connectivity index (χ1v) is 10.1. The molecule has 31 heavy (non-hydrogen) atoms. The Labute approximate surface area is 188 Å². The number of ether oxygens (including phenoxy) is 2. The van der Waals surface area contributed by atoms with Crippen molar-refractivity contribution in [1.29, 1.82) is 5.26 Å². The van der Waals surface area contributed by atoms with Crippen LogP contribution < -0.4 is 14.8 Å². The van der Waals surface area contributed by atoms with Crippen LogP contribution in [0.1, 0.15) is 11.1 Å². The molecule has 0 fully saturated rings. The minimum absolute atomic E-state index is 0.0825. The molecule has 156 valence electrons. The van der Waals surface area contributed by atoms with Crippen LogP contribution in [0.5, 0.6) is 17.2 Å². The van der Waals surface area contributed by atoms with Gasteiger partial charge in [0.1, 0.15) is 35.5 Å². The van der Waals surface area contributed by atoms with Crippen LogP contribution in [0, 0.1) is 11.3 Å². The van der Waals surface area contributed by atoms with E-state index in [0.29, 0.717) is 22.7 Å². The molecule has 0 aliphatic rings. The van der Waals surface area contributed by atoms with E-state index in [4.69, 9.17) is 9.47 Å². The predicted octanol–water partition coefficient (Wildman–Crippen LogP) is 5.29. The van der Waals surface area contributed by atoms with Gasteiger partial charge in [0.2, 0.25) is 0 Å². The Morgan fingerprint density at radius 2 is 1.90 bits per heavy atom. The summed E-state index contributed by atoms with van der Waals surface area (Å²) in [6, 6.07) is 20.7. The fourth-order valence-electron chi connectivity index (χ4n) is 2.70. The molecule has 0 saturated heterocycles. The Bertz CT molecular complexity index is 1150. The monoisotopic (exact) mass is 478 g/mol. The van der Waals surface area contributed by atoms with Gasteiger partial charge in [-0.2, -0.15) is 5.26 Å². The van der Waals surface area contributed by atoms with Crippen LogP contribution in [-0.2, 0) is 11.4 Å². The van der Waals surface area contributed by atoms with Gasteiger partial charge in [-0.15, -0.1) is 0 Å². The lowest BCUT2D eigenvalue weighted by molar-refractivity contribution is -0.112. The molecule has 0 radical (unpaired) electrons. The number of phenolic OH excluding ortho intramolecular Hbond substituents is 1. The van der Waals surface area contributed by atoms with Crippen molar-refractivity contribution in [1.82, 2.24) is 0 Å². The molecule has 0 heterocycles. The summed E-state index contributed by atoms with van der Waals surface area (Å²) < 4.78 is 12.2. The lowest BCUT2D eigenvalue weighted by Crippen LogP contribution is -2.13. The molecule has 0 aliphatic heterocycles. The smallest absolute Gasteiger partial charge is 0.266 e. The van der Waals surface area contributed by atoms with Crippen molar-refractivity contribution in [3.05, 3.63) is 87.9 Å². The number of halogens is 1. The zero-order valence-corrected chi connectivity index (χ0v) is 18.2. The second kappa shape index (κ2) is 10.3. The number of carbonyl (C=O) groups is 1. The number of anilines is 1. The quantitative estimate of drug-likeness (QED) is 0.273. The minimum atomic E-state index is -0.569. The van der Waals surface area contributed by atoms with Crippen molar-refractivity contribution in [3.8, 4) is 23.3 Å². The van der Waals surface area contributed by atoms with E-state index in [0.717, 1.165) is 10.0 Å². The van der Waals surface area contributed by atoms with Crippen molar-refractivity contribution in [2.45, 2.75) is 6.61 Å². The summed E-state index contributed by atoms with van der Waals surface area (Å²) in [6.07, 6.45) is 1.46. The molecule has 1 amide bonds. The molecule has 3 aromatic carbocycles. The van der Waals surface area contributed by atoms with Crippen LogP contribution in [0.4, 0.5) is 5.69 Å². The summed E-state index contributed by atoms with van der Waals surface area (Å²) in [5.41, 5.74) is 1.88. The average molecular weight is 479 g/mol. The normalized spacial score (nSPS) is 10.8. The molecule has 3 aromatic rings. The first-order valence-electron chi connectivity index (χ1n) is 9.26. The van der Waals surface area contributed by atoms with Crippen LogP contribution in [0.3, 0.4) is 0 Å². The highest BCUT2D eigenvalue weighted by Crippen LogP contribution is 2.29. The number of hydrogen-bond donors (Lipinski definition) is 2. The molecule has 7 heteroatoms. The molecule has 0 aliphatic carbocycles. The second-order valence-electron chi connectivity index (χ2n) is 6.45. The SMILES string of the molecule is COc1ccc(/C=C(\C#N)C(=O)Nc2ccc(O)cc2)c(OCc2ccccc2Br)c1. The Balaban J connectivity index is 1.86. The summed E-state index contributed by atoms with van der Waals surface area (Å²) >= 11 is 3.49. The molecule has 0 spiro atoms. The van der Waals surface area contributed by atoms with Gasteiger partial charge in [-0.25, -0.2) is 0 Å². The highest BCUT2D eigenvalue weighted by molar-refractivity contribution is 9.10. The summed E-state index contributed by atoms with van der Waals surface area (Å²) in [4.78, 5) is 12.6. The summed E-state index contributed by atoms with van der Waals surface area (Å²) in [7, 11) is 1.55. The van der Waals surface area contributed by atoms with Crippen molar-refractivity contribution >= 4 is 33.6 Å². The number of nitrogens with zero attached hydrogens (tertiary/aromatic N) is 1. The summed E-state index contributed by atoms with van der Waals surface area (Å²) in [5, 5.41) is 21.5. The van der Waals surface area contributed by atoms with Gasteiger partial charge < -0.3 is 19.9 Å². The number of phenols is 1. The van der Waals surface area contributed by atoms with E-state index in [1.54, 1.807) is 37.4 Å². The second-order valence-corrected chi connectivity index (χ2v) is 7.31. The Morgan fingerprint density at radius 1 is 1.16 bits per heavy atom. The van der Waals surface area contributed by atoms with E-state index in [9.17, 15) is 15.2 Å². The van der Waals surface area contributed by atoms with Crippen LogP contribution >= 0.6 is 15.9 Å². The zero-order chi connectivity index (χ0) is 22.2. The van der Waals surface area contributed by atoms with E-state index in [2.05, 4.69) is 21.2 Å². The Kier molecular flexibility index (Phi) is 7.31. The van der Waals surface area contributed by atoms with Gasteiger partial charge in [0.05, 0.1) is 7.11 Å². The highest BCUT2D eigenvalue weighted by Gasteiger charge is 2.13. The number of hydrogen-bond acceptors (Lipinski definition) is 5. The van der Waals surface area contributed by atoms with Crippen LogP contribution in [0.25, 0.3) is 6.08 Å². The van der Waals surface area contributed by atoms with Crippen LogP contribution in [-0.4, -0.2) is 18.1 Å². The average Bonchev–Trinajstić information content (AvgIpc) is 2.78. The maximum absolute atomic E-state index is 12.6. The van der Waals surface area contributed by atoms with E-state index in [-0.39, 0.29) is 17.9 Å². The van der Waals surface area contributed by atoms with E-state index in [1.807, 2.05) is 30.3 Å². The number of carbonyl (C=O) groups excluding carboxylic acids is 1. The van der Waals surface area contributed by atoms with Gasteiger partial charge >= 0.3 is 0 Å². The molecule has 0 aromatic heterocycles. The van der Waals surface area contributed by atoms with Crippen LogP contribution in [0.15, 0.2) is 76.8 Å². The van der Waals surface area contributed by atoms with Gasteiger partial charge in [0, 0.05) is 27.4 Å². The summed E-state index contributed by atoms with van der Waals surface area (Å²) in [5.74, 6) is 0.575. The minimum Gasteiger partial charge on any atom is -0.508 e. The molecular formula is C24H19BrN2O4. The van der Waals surface area contributed by atoms with Gasteiger partial charge in [0.25, 0.3) is 5.91 Å². The van der Waals surface area contributed by atoms with Crippen molar-refractivity contribution in [2.75, 3.05) is 12.4 Å². The third-order valence-electron chi connectivity index (χ3n) is 4.35. The number of benzene rings is 3. The van der Waals surface area contributed by atoms with E-state index < -0.39 is 5.91 Å². The van der Waals surface area contributed by atoms with Crippen molar-refractivity contribution in [2.24, 2.45) is 0 Å². The molecule has 0 saturated carbocycles. The number of amides is 1. The number of nitrogens with one attached hydrogen (secondary N) is 1. The first kappa shape index (κ1) is 21.9. The first-order chi connectivity index (χ1) is 15.0. The fourth-order valence-corrected chi connectivity index (χ4v) is 3.10. The fraction of sp³-hybridized carbons (Fsp3) is 0.0833. The highest BCUT2D eigenvalue weighted by atomic mass is 79.9. The molecular weight excluding hydrogens is 460 g/mol. The van der Waals surface area contributed by atoms with Crippen LogP contribution in [0.2, 0.25) is 0 Å². The number of rotatable bonds is 7. The van der Waals surface area contributed by atoms with Crippen molar-refractivity contribution < 1.29 is 19.4 Å². The molecule has 0 bridgehead atoms. The maximum atomic E-state index is 12.6. The topological polar surface area (TPSA) is 91.6 Å². The summed E-state index contributed by atoms with van der Waals surface area (Å²) in [6.45, 7) is 0.289. The molecule has 2 N–H and O–H groups in total. The lowest BCUT2D eigenvalue weighted by atomic mass is 10.1. The third kappa shape index (κ3) is 5.87. The standard InChI is InChI=1S/C24H19BrN2O4/c1-30-21-11-6-16(23(13-21)31-15-17-4-2-3-5-22(17)25)12-18(14-26)24(29)27-19-7-9-20(28)10-8-19/h2-13,28H,15H2,1H3,(H,27,29)/b18-12+.